The second kappa shape index (κ2) is 5.60. The number of benzene rings is 2. The first-order valence-electron chi connectivity index (χ1n) is 5.70. The maximum atomic E-state index is 13.1. The number of rotatable bonds is 4. The van der Waals surface area contributed by atoms with E-state index in [-0.39, 0.29) is 18.3 Å². The average molecular weight is 230 g/mol. The van der Waals surface area contributed by atoms with Crippen LogP contribution in [0.5, 0.6) is 0 Å². The predicted molar refractivity (Wildman–Crippen MR) is 66.4 cm³/mol. The van der Waals surface area contributed by atoms with E-state index < -0.39 is 0 Å². The molecule has 0 bridgehead atoms. The van der Waals surface area contributed by atoms with Crippen LogP contribution in [0, 0.1) is 5.82 Å². The minimum Gasteiger partial charge on any atom is -0.396 e. The monoisotopic (exact) mass is 230 g/mol. The van der Waals surface area contributed by atoms with E-state index in [0.29, 0.717) is 0 Å². The van der Waals surface area contributed by atoms with E-state index in [1.807, 2.05) is 36.4 Å². The second-order valence-electron chi connectivity index (χ2n) is 4.12. The molecule has 1 atom stereocenters. The second-order valence-corrected chi connectivity index (χ2v) is 4.12. The minimum absolute atomic E-state index is 0.0261. The summed E-state index contributed by atoms with van der Waals surface area (Å²) in [4.78, 5) is 0. The fraction of sp³-hybridized carbons (Fsp3) is 0.200. The fourth-order valence-corrected chi connectivity index (χ4v) is 1.95. The van der Waals surface area contributed by atoms with Gasteiger partial charge in [0.1, 0.15) is 5.82 Å². The molecule has 0 aliphatic heterocycles. The van der Waals surface area contributed by atoms with Crippen molar-refractivity contribution < 1.29 is 9.50 Å². The van der Waals surface area contributed by atoms with Gasteiger partial charge < -0.3 is 5.11 Å². The van der Waals surface area contributed by atoms with Gasteiger partial charge in [0.15, 0.2) is 0 Å². The van der Waals surface area contributed by atoms with Crippen LogP contribution < -0.4 is 0 Å². The molecule has 0 saturated carbocycles. The third-order valence-electron chi connectivity index (χ3n) is 2.87. The van der Waals surface area contributed by atoms with Crippen molar-refractivity contribution in [3.8, 4) is 0 Å². The summed E-state index contributed by atoms with van der Waals surface area (Å²) in [6.45, 7) is 0.0261. The lowest BCUT2D eigenvalue weighted by atomic mass is 9.93. The standard InChI is InChI=1S/C15H15FO/c16-15-8-4-7-13(10-15)14(11-17)9-12-5-2-1-3-6-12/h1-8,10,14,17H,9,11H2. The third-order valence-corrected chi connectivity index (χ3v) is 2.87. The van der Waals surface area contributed by atoms with E-state index >= 15 is 0 Å². The normalized spacial score (nSPS) is 12.4. The number of halogens is 1. The summed E-state index contributed by atoms with van der Waals surface area (Å²) in [6.07, 6.45) is 0.723. The molecule has 88 valence electrons. The quantitative estimate of drug-likeness (QED) is 0.855. The summed E-state index contributed by atoms with van der Waals surface area (Å²) >= 11 is 0. The van der Waals surface area contributed by atoms with Crippen molar-refractivity contribution in [2.24, 2.45) is 0 Å². The van der Waals surface area contributed by atoms with Gasteiger partial charge in [-0.25, -0.2) is 4.39 Å². The van der Waals surface area contributed by atoms with Crippen LogP contribution >= 0.6 is 0 Å². The Morgan fingerprint density at radius 1 is 1.00 bits per heavy atom. The van der Waals surface area contributed by atoms with Gasteiger partial charge in [-0.2, -0.15) is 0 Å². The summed E-state index contributed by atoms with van der Waals surface area (Å²) in [5, 5.41) is 9.41. The number of aliphatic hydroxyl groups is 1. The van der Waals surface area contributed by atoms with E-state index in [9.17, 15) is 9.50 Å². The molecule has 17 heavy (non-hydrogen) atoms. The average Bonchev–Trinajstić information content (AvgIpc) is 2.37. The Morgan fingerprint density at radius 2 is 1.76 bits per heavy atom. The summed E-state index contributed by atoms with van der Waals surface area (Å²) in [5.74, 6) is -0.304. The molecule has 0 aromatic heterocycles. The van der Waals surface area contributed by atoms with Gasteiger partial charge >= 0.3 is 0 Å². The van der Waals surface area contributed by atoms with Crippen LogP contribution in [0.1, 0.15) is 17.0 Å². The first-order valence-corrected chi connectivity index (χ1v) is 5.70. The maximum Gasteiger partial charge on any atom is 0.123 e. The number of hydrogen-bond acceptors (Lipinski definition) is 1. The van der Waals surface area contributed by atoms with Crippen molar-refractivity contribution in [2.45, 2.75) is 12.3 Å². The summed E-state index contributed by atoms with van der Waals surface area (Å²) in [5.41, 5.74) is 1.99. The molecule has 1 unspecified atom stereocenters. The first-order chi connectivity index (χ1) is 8.29. The van der Waals surface area contributed by atoms with Crippen LogP contribution in [0.4, 0.5) is 4.39 Å². The van der Waals surface area contributed by atoms with Crippen molar-refractivity contribution in [3.63, 3.8) is 0 Å². The van der Waals surface area contributed by atoms with Gasteiger partial charge in [-0.1, -0.05) is 42.5 Å². The molecule has 1 nitrogen and oxygen atoms in total. The molecule has 0 aliphatic carbocycles. The van der Waals surface area contributed by atoms with Crippen LogP contribution in [0.15, 0.2) is 54.6 Å². The Balaban J connectivity index is 2.17. The van der Waals surface area contributed by atoms with Crippen LogP contribution in [-0.4, -0.2) is 11.7 Å². The Hall–Kier alpha value is -1.67. The molecule has 2 heteroatoms. The Morgan fingerprint density at radius 3 is 2.41 bits per heavy atom. The Labute approximate surface area is 101 Å². The minimum atomic E-state index is -0.256. The Bertz CT molecular complexity index is 467. The molecule has 0 saturated heterocycles. The van der Waals surface area contributed by atoms with Crippen molar-refractivity contribution in [1.82, 2.24) is 0 Å². The zero-order chi connectivity index (χ0) is 12.1. The van der Waals surface area contributed by atoms with Gasteiger partial charge in [0, 0.05) is 5.92 Å². The van der Waals surface area contributed by atoms with E-state index in [4.69, 9.17) is 0 Å². The van der Waals surface area contributed by atoms with Gasteiger partial charge in [-0.15, -0.1) is 0 Å². The van der Waals surface area contributed by atoms with Crippen LogP contribution in [0.2, 0.25) is 0 Å². The molecule has 2 aromatic rings. The van der Waals surface area contributed by atoms with Gasteiger partial charge in [0.25, 0.3) is 0 Å². The highest BCUT2D eigenvalue weighted by Gasteiger charge is 2.11. The summed E-state index contributed by atoms with van der Waals surface area (Å²) in [6, 6.07) is 16.4. The maximum absolute atomic E-state index is 13.1. The van der Waals surface area contributed by atoms with E-state index in [0.717, 1.165) is 17.5 Å². The van der Waals surface area contributed by atoms with Gasteiger partial charge in [0.05, 0.1) is 6.61 Å². The third kappa shape index (κ3) is 3.14. The van der Waals surface area contributed by atoms with Gasteiger partial charge in [0.2, 0.25) is 0 Å². The lowest BCUT2D eigenvalue weighted by Gasteiger charge is -2.14. The topological polar surface area (TPSA) is 20.2 Å². The number of hydrogen-bond donors (Lipinski definition) is 1. The van der Waals surface area contributed by atoms with E-state index in [2.05, 4.69) is 0 Å². The molecule has 0 radical (unpaired) electrons. The van der Waals surface area contributed by atoms with Crippen molar-refractivity contribution in [3.05, 3.63) is 71.5 Å². The highest BCUT2D eigenvalue weighted by atomic mass is 19.1. The Kier molecular flexibility index (Phi) is 3.89. The molecular formula is C15H15FO. The summed E-state index contributed by atoms with van der Waals surface area (Å²) in [7, 11) is 0. The van der Waals surface area contributed by atoms with Crippen LogP contribution in [0.25, 0.3) is 0 Å². The SMILES string of the molecule is OCC(Cc1ccccc1)c1cccc(F)c1. The number of aliphatic hydroxyl groups excluding tert-OH is 1. The molecular weight excluding hydrogens is 215 g/mol. The zero-order valence-corrected chi connectivity index (χ0v) is 9.51. The first kappa shape index (κ1) is 11.8. The van der Waals surface area contributed by atoms with Crippen molar-refractivity contribution >= 4 is 0 Å². The van der Waals surface area contributed by atoms with Crippen molar-refractivity contribution in [1.29, 1.82) is 0 Å². The molecule has 0 fully saturated rings. The molecule has 0 aliphatic rings. The zero-order valence-electron chi connectivity index (χ0n) is 9.51. The molecule has 0 spiro atoms. The van der Waals surface area contributed by atoms with E-state index in [1.54, 1.807) is 6.07 Å². The largest absolute Gasteiger partial charge is 0.396 e. The highest BCUT2D eigenvalue weighted by molar-refractivity contribution is 5.25. The molecule has 0 amide bonds. The molecule has 0 heterocycles. The van der Waals surface area contributed by atoms with E-state index in [1.165, 1.54) is 12.1 Å². The smallest absolute Gasteiger partial charge is 0.123 e. The fourth-order valence-electron chi connectivity index (χ4n) is 1.95. The molecule has 2 aromatic carbocycles. The van der Waals surface area contributed by atoms with Crippen molar-refractivity contribution in [2.75, 3.05) is 6.61 Å². The van der Waals surface area contributed by atoms with Crippen LogP contribution in [0.3, 0.4) is 0 Å². The molecule has 1 N–H and O–H groups in total. The lowest BCUT2D eigenvalue weighted by molar-refractivity contribution is 0.264. The molecule has 2 rings (SSSR count). The lowest BCUT2D eigenvalue weighted by Crippen LogP contribution is -2.08. The van der Waals surface area contributed by atoms with Gasteiger partial charge in [-0.05, 0) is 29.7 Å². The highest BCUT2D eigenvalue weighted by Crippen LogP contribution is 2.21. The summed E-state index contributed by atoms with van der Waals surface area (Å²) < 4.78 is 13.1. The predicted octanol–water partition coefficient (Wildman–Crippen LogP) is 3.14. The van der Waals surface area contributed by atoms with Crippen LogP contribution in [-0.2, 0) is 6.42 Å². The van der Waals surface area contributed by atoms with Gasteiger partial charge in [-0.3, -0.25) is 0 Å².